The van der Waals surface area contributed by atoms with Crippen molar-refractivity contribution in [1.82, 2.24) is 5.32 Å². The maximum absolute atomic E-state index is 11.8. The van der Waals surface area contributed by atoms with E-state index in [-0.39, 0.29) is 23.2 Å². The molecular weight excluding hydrogens is 260 g/mol. The summed E-state index contributed by atoms with van der Waals surface area (Å²) in [5.74, 6) is -0.436. The quantitative estimate of drug-likeness (QED) is 0.651. The number of nitro benzene ring substituents is 1. The van der Waals surface area contributed by atoms with Crippen molar-refractivity contribution in [2.75, 3.05) is 6.54 Å². The number of nitro groups is 1. The molecule has 110 valence electrons. The Morgan fingerprint density at radius 2 is 2.05 bits per heavy atom. The summed E-state index contributed by atoms with van der Waals surface area (Å²) in [6, 6.07) is 4.44. The van der Waals surface area contributed by atoms with Crippen LogP contribution in [0.1, 0.15) is 43.6 Å². The zero-order chi connectivity index (χ0) is 15.5. The highest BCUT2D eigenvalue weighted by Crippen LogP contribution is 2.31. The SMILES string of the molecule is CC(O)CNC(=O)c1ccc(C(C)(C)C)c([N+](=O)[O-])c1. The number of amides is 1. The molecule has 1 rings (SSSR count). The topological polar surface area (TPSA) is 92.5 Å². The summed E-state index contributed by atoms with van der Waals surface area (Å²) in [4.78, 5) is 22.5. The van der Waals surface area contributed by atoms with E-state index >= 15 is 0 Å². The predicted molar refractivity (Wildman–Crippen MR) is 75.8 cm³/mol. The van der Waals surface area contributed by atoms with Crippen LogP contribution >= 0.6 is 0 Å². The van der Waals surface area contributed by atoms with Crippen molar-refractivity contribution >= 4 is 11.6 Å². The van der Waals surface area contributed by atoms with Crippen molar-refractivity contribution in [3.8, 4) is 0 Å². The van der Waals surface area contributed by atoms with Gasteiger partial charge in [0.2, 0.25) is 0 Å². The number of hydrogen-bond acceptors (Lipinski definition) is 4. The fourth-order valence-corrected chi connectivity index (χ4v) is 1.80. The molecule has 0 fully saturated rings. The molecule has 2 N–H and O–H groups in total. The van der Waals surface area contributed by atoms with E-state index in [4.69, 9.17) is 5.11 Å². The molecule has 0 aliphatic carbocycles. The lowest BCUT2D eigenvalue weighted by Crippen LogP contribution is -2.30. The Morgan fingerprint density at radius 3 is 2.50 bits per heavy atom. The van der Waals surface area contributed by atoms with Crippen LogP contribution in [0.2, 0.25) is 0 Å². The Bertz CT molecular complexity index is 518. The van der Waals surface area contributed by atoms with Gasteiger partial charge in [-0.3, -0.25) is 14.9 Å². The average Bonchev–Trinajstić information content (AvgIpc) is 2.33. The van der Waals surface area contributed by atoms with Crippen LogP contribution < -0.4 is 5.32 Å². The molecule has 1 atom stereocenters. The van der Waals surface area contributed by atoms with Gasteiger partial charge < -0.3 is 10.4 Å². The molecule has 0 spiro atoms. The van der Waals surface area contributed by atoms with Crippen LogP contribution in [-0.4, -0.2) is 28.6 Å². The van der Waals surface area contributed by atoms with Crippen LogP contribution in [0, 0.1) is 10.1 Å². The third-order valence-electron chi connectivity index (χ3n) is 2.82. The van der Waals surface area contributed by atoms with Gasteiger partial charge in [-0.2, -0.15) is 0 Å². The van der Waals surface area contributed by atoms with Crippen molar-refractivity contribution < 1.29 is 14.8 Å². The number of nitrogens with zero attached hydrogens (tertiary/aromatic N) is 1. The summed E-state index contributed by atoms with van der Waals surface area (Å²) in [7, 11) is 0. The number of carbonyl (C=O) groups is 1. The Morgan fingerprint density at radius 1 is 1.45 bits per heavy atom. The van der Waals surface area contributed by atoms with Crippen LogP contribution in [-0.2, 0) is 5.41 Å². The average molecular weight is 280 g/mol. The van der Waals surface area contributed by atoms with Gasteiger partial charge >= 0.3 is 0 Å². The summed E-state index contributed by atoms with van der Waals surface area (Å²) >= 11 is 0. The summed E-state index contributed by atoms with van der Waals surface area (Å²) in [5.41, 5.74) is 0.346. The normalized spacial score (nSPS) is 12.8. The molecule has 1 aromatic carbocycles. The minimum atomic E-state index is -0.664. The van der Waals surface area contributed by atoms with E-state index in [2.05, 4.69) is 5.32 Å². The van der Waals surface area contributed by atoms with Crippen molar-refractivity contribution in [3.63, 3.8) is 0 Å². The lowest BCUT2D eigenvalue weighted by Gasteiger charge is -2.19. The molecule has 6 heteroatoms. The monoisotopic (exact) mass is 280 g/mol. The first-order chi connectivity index (χ1) is 9.12. The van der Waals surface area contributed by atoms with E-state index in [0.29, 0.717) is 5.56 Å². The molecule has 0 heterocycles. The van der Waals surface area contributed by atoms with E-state index in [1.165, 1.54) is 6.07 Å². The second-order valence-electron chi connectivity index (χ2n) is 5.80. The van der Waals surface area contributed by atoms with Gasteiger partial charge in [-0.15, -0.1) is 0 Å². The molecule has 0 radical (unpaired) electrons. The number of rotatable bonds is 4. The Balaban J connectivity index is 3.11. The van der Waals surface area contributed by atoms with Gasteiger partial charge in [-0.1, -0.05) is 26.8 Å². The Hall–Kier alpha value is -1.95. The molecular formula is C14H20N2O4. The van der Waals surface area contributed by atoms with Gasteiger partial charge in [0.25, 0.3) is 11.6 Å². The van der Waals surface area contributed by atoms with E-state index in [1.807, 2.05) is 20.8 Å². The Kier molecular flexibility index (Phi) is 4.83. The molecule has 1 aromatic rings. The van der Waals surface area contributed by atoms with E-state index in [0.717, 1.165) is 0 Å². The Labute approximate surface area is 118 Å². The third-order valence-corrected chi connectivity index (χ3v) is 2.82. The second-order valence-corrected chi connectivity index (χ2v) is 5.80. The smallest absolute Gasteiger partial charge is 0.273 e. The number of aliphatic hydroxyl groups is 1. The summed E-state index contributed by atoms with van der Waals surface area (Å²) in [6.45, 7) is 7.28. The van der Waals surface area contributed by atoms with Crippen molar-refractivity contribution in [3.05, 3.63) is 39.4 Å². The lowest BCUT2D eigenvalue weighted by atomic mass is 9.85. The maximum atomic E-state index is 11.8. The van der Waals surface area contributed by atoms with Gasteiger partial charge in [-0.25, -0.2) is 0 Å². The van der Waals surface area contributed by atoms with Crippen LogP contribution in [0.25, 0.3) is 0 Å². The molecule has 1 unspecified atom stereocenters. The van der Waals surface area contributed by atoms with Gasteiger partial charge in [0.15, 0.2) is 0 Å². The van der Waals surface area contributed by atoms with Crippen LogP contribution in [0.4, 0.5) is 5.69 Å². The molecule has 0 aromatic heterocycles. The van der Waals surface area contributed by atoms with Crippen molar-refractivity contribution in [2.45, 2.75) is 39.2 Å². The molecule has 6 nitrogen and oxygen atoms in total. The van der Waals surface area contributed by atoms with E-state index < -0.39 is 16.9 Å². The third kappa shape index (κ3) is 4.03. The van der Waals surface area contributed by atoms with Gasteiger partial charge in [0.05, 0.1) is 11.0 Å². The highest BCUT2D eigenvalue weighted by molar-refractivity contribution is 5.95. The number of hydrogen-bond donors (Lipinski definition) is 2. The number of aliphatic hydroxyl groups excluding tert-OH is 1. The molecule has 1 amide bonds. The van der Waals surface area contributed by atoms with Gasteiger partial charge in [0, 0.05) is 23.7 Å². The van der Waals surface area contributed by atoms with Crippen molar-refractivity contribution in [1.29, 1.82) is 0 Å². The first-order valence-corrected chi connectivity index (χ1v) is 6.38. The standard InChI is InChI=1S/C14H20N2O4/c1-9(17)8-15-13(18)10-5-6-11(14(2,3)4)12(7-10)16(19)20/h5-7,9,17H,8H2,1-4H3,(H,15,18). The van der Waals surface area contributed by atoms with Gasteiger partial charge in [0.1, 0.15) is 0 Å². The number of carbonyl (C=O) groups excluding carboxylic acids is 1. The fraction of sp³-hybridized carbons (Fsp3) is 0.500. The predicted octanol–water partition coefficient (Wildman–Crippen LogP) is 2.00. The highest BCUT2D eigenvalue weighted by Gasteiger charge is 2.26. The molecule has 0 bridgehead atoms. The first-order valence-electron chi connectivity index (χ1n) is 6.38. The fourth-order valence-electron chi connectivity index (χ4n) is 1.80. The van der Waals surface area contributed by atoms with Crippen LogP contribution in [0.15, 0.2) is 18.2 Å². The van der Waals surface area contributed by atoms with Crippen LogP contribution in [0.5, 0.6) is 0 Å². The van der Waals surface area contributed by atoms with Crippen molar-refractivity contribution in [2.24, 2.45) is 0 Å². The summed E-state index contributed by atoms with van der Waals surface area (Å²) in [5, 5.41) is 22.8. The molecule has 20 heavy (non-hydrogen) atoms. The first kappa shape index (κ1) is 16.1. The lowest BCUT2D eigenvalue weighted by molar-refractivity contribution is -0.386. The molecule has 0 aliphatic rings. The second kappa shape index (κ2) is 6.00. The molecule has 0 saturated heterocycles. The summed E-state index contributed by atoms with van der Waals surface area (Å²) < 4.78 is 0. The van der Waals surface area contributed by atoms with E-state index in [1.54, 1.807) is 19.1 Å². The van der Waals surface area contributed by atoms with E-state index in [9.17, 15) is 14.9 Å². The minimum Gasteiger partial charge on any atom is -0.392 e. The summed E-state index contributed by atoms with van der Waals surface area (Å²) in [6.07, 6.45) is -0.664. The largest absolute Gasteiger partial charge is 0.392 e. The number of nitrogens with one attached hydrogen (secondary N) is 1. The van der Waals surface area contributed by atoms with Crippen LogP contribution in [0.3, 0.4) is 0 Å². The maximum Gasteiger partial charge on any atom is 0.273 e. The zero-order valence-electron chi connectivity index (χ0n) is 12.1. The minimum absolute atomic E-state index is 0.0674. The van der Waals surface area contributed by atoms with Gasteiger partial charge in [-0.05, 0) is 18.4 Å². The number of benzene rings is 1. The zero-order valence-corrected chi connectivity index (χ0v) is 12.1. The molecule has 0 aliphatic heterocycles. The molecule has 0 saturated carbocycles. The highest BCUT2D eigenvalue weighted by atomic mass is 16.6.